The maximum absolute atomic E-state index is 12.9. The maximum Gasteiger partial charge on any atom is 0.250 e. The topological polar surface area (TPSA) is 55.4 Å². The molecule has 140 valence electrons. The highest BCUT2D eigenvalue weighted by Crippen LogP contribution is 2.49. The minimum absolute atomic E-state index is 0.0734. The first-order chi connectivity index (χ1) is 13.0. The van der Waals surface area contributed by atoms with Crippen LogP contribution in [0.3, 0.4) is 0 Å². The van der Waals surface area contributed by atoms with Crippen molar-refractivity contribution < 1.29 is 13.2 Å². The standard InChI is InChI=1S/C21H21NO3S2/c1-14-20(15-7-4-3-5-8-15)17-11-10-16(25-2)13-18(17)21(14)22-27(23,24)19-9-6-12-26-19/h3-14,20-22H,1-2H3/t14-,20+,21+/m1/s1. The van der Waals surface area contributed by atoms with Crippen molar-refractivity contribution in [2.75, 3.05) is 7.11 Å². The van der Waals surface area contributed by atoms with Gasteiger partial charge in [-0.25, -0.2) is 13.1 Å². The summed E-state index contributed by atoms with van der Waals surface area (Å²) in [6.07, 6.45) is 0. The predicted octanol–water partition coefficient (Wildman–Crippen LogP) is 4.56. The number of ether oxygens (including phenoxy) is 1. The third-order valence-corrected chi connectivity index (χ3v) is 8.05. The molecule has 1 N–H and O–H groups in total. The highest BCUT2D eigenvalue weighted by molar-refractivity contribution is 7.91. The number of nitrogens with one attached hydrogen (secondary N) is 1. The van der Waals surface area contributed by atoms with Crippen molar-refractivity contribution in [2.45, 2.75) is 23.1 Å². The van der Waals surface area contributed by atoms with Gasteiger partial charge in [0, 0.05) is 5.92 Å². The molecule has 0 unspecified atom stereocenters. The van der Waals surface area contributed by atoms with E-state index in [9.17, 15) is 8.42 Å². The Balaban J connectivity index is 1.79. The molecule has 1 aliphatic rings. The molecule has 3 atom stereocenters. The van der Waals surface area contributed by atoms with Gasteiger partial charge in [0.1, 0.15) is 9.96 Å². The fraction of sp³-hybridized carbons (Fsp3) is 0.238. The van der Waals surface area contributed by atoms with Crippen LogP contribution in [0, 0.1) is 5.92 Å². The van der Waals surface area contributed by atoms with Gasteiger partial charge in [0.25, 0.3) is 10.0 Å². The monoisotopic (exact) mass is 399 g/mol. The van der Waals surface area contributed by atoms with E-state index in [0.717, 1.165) is 16.9 Å². The van der Waals surface area contributed by atoms with E-state index in [0.29, 0.717) is 4.21 Å². The zero-order valence-electron chi connectivity index (χ0n) is 15.1. The summed E-state index contributed by atoms with van der Waals surface area (Å²) in [5.41, 5.74) is 3.32. The summed E-state index contributed by atoms with van der Waals surface area (Å²) >= 11 is 1.23. The molecule has 0 radical (unpaired) electrons. The van der Waals surface area contributed by atoms with Gasteiger partial charge in [0.15, 0.2) is 0 Å². The Bertz CT molecular complexity index is 1030. The quantitative estimate of drug-likeness (QED) is 0.684. The second kappa shape index (κ2) is 7.11. The number of benzene rings is 2. The minimum atomic E-state index is -3.57. The van der Waals surface area contributed by atoms with Crippen LogP contribution in [0.5, 0.6) is 5.75 Å². The molecule has 3 aromatic rings. The zero-order valence-corrected chi connectivity index (χ0v) is 16.8. The van der Waals surface area contributed by atoms with E-state index in [1.165, 1.54) is 16.9 Å². The Labute approximate surface area is 163 Å². The highest BCUT2D eigenvalue weighted by Gasteiger charge is 2.41. The first-order valence-electron chi connectivity index (χ1n) is 8.80. The SMILES string of the molecule is COc1ccc2c(c1)[C@@H](NS(=O)(=O)c1cccs1)[C@H](C)[C@H]2c1ccccc1. The lowest BCUT2D eigenvalue weighted by Crippen LogP contribution is -2.30. The molecule has 1 aromatic heterocycles. The van der Waals surface area contributed by atoms with Crippen LogP contribution in [0.1, 0.15) is 35.6 Å². The highest BCUT2D eigenvalue weighted by atomic mass is 32.2. The Morgan fingerprint density at radius 1 is 1.00 bits per heavy atom. The van der Waals surface area contributed by atoms with E-state index in [4.69, 9.17) is 4.74 Å². The van der Waals surface area contributed by atoms with E-state index >= 15 is 0 Å². The fourth-order valence-corrected chi connectivity index (χ4v) is 6.26. The van der Waals surface area contributed by atoms with Gasteiger partial charge in [-0.3, -0.25) is 0 Å². The fourth-order valence-electron chi connectivity index (χ4n) is 3.95. The van der Waals surface area contributed by atoms with Gasteiger partial charge in [-0.05, 0) is 46.2 Å². The van der Waals surface area contributed by atoms with Crippen molar-refractivity contribution in [3.05, 3.63) is 82.7 Å². The molecule has 4 rings (SSSR count). The van der Waals surface area contributed by atoms with E-state index in [-0.39, 0.29) is 17.9 Å². The molecule has 1 aliphatic carbocycles. The Morgan fingerprint density at radius 2 is 1.78 bits per heavy atom. The molecule has 2 aromatic carbocycles. The van der Waals surface area contributed by atoms with Gasteiger partial charge in [0.05, 0.1) is 13.2 Å². The number of methoxy groups -OCH3 is 1. The van der Waals surface area contributed by atoms with Crippen LogP contribution >= 0.6 is 11.3 Å². The largest absolute Gasteiger partial charge is 0.497 e. The van der Waals surface area contributed by atoms with Crippen molar-refractivity contribution in [3.63, 3.8) is 0 Å². The first kappa shape index (κ1) is 18.2. The van der Waals surface area contributed by atoms with Gasteiger partial charge in [-0.15, -0.1) is 11.3 Å². The summed E-state index contributed by atoms with van der Waals surface area (Å²) in [6.45, 7) is 2.10. The van der Waals surface area contributed by atoms with E-state index < -0.39 is 10.0 Å². The first-order valence-corrected chi connectivity index (χ1v) is 11.2. The number of sulfonamides is 1. The van der Waals surface area contributed by atoms with E-state index in [1.807, 2.05) is 30.3 Å². The third kappa shape index (κ3) is 3.29. The van der Waals surface area contributed by atoms with Crippen LogP contribution in [0.25, 0.3) is 0 Å². The molecule has 4 nitrogen and oxygen atoms in total. The number of rotatable bonds is 5. The van der Waals surface area contributed by atoms with Gasteiger partial charge >= 0.3 is 0 Å². The zero-order chi connectivity index (χ0) is 19.0. The van der Waals surface area contributed by atoms with Crippen LogP contribution < -0.4 is 9.46 Å². The number of fused-ring (bicyclic) bond motifs is 1. The second-order valence-corrected chi connectivity index (χ2v) is 9.66. The van der Waals surface area contributed by atoms with Crippen LogP contribution in [-0.4, -0.2) is 15.5 Å². The van der Waals surface area contributed by atoms with Crippen LogP contribution in [0.2, 0.25) is 0 Å². The lowest BCUT2D eigenvalue weighted by Gasteiger charge is -2.22. The molecule has 0 saturated carbocycles. The van der Waals surface area contributed by atoms with E-state index in [1.54, 1.807) is 24.6 Å². The normalized spacial score (nSPS) is 21.8. The summed E-state index contributed by atoms with van der Waals surface area (Å²) in [7, 11) is -1.95. The Hall–Kier alpha value is -2.15. The summed E-state index contributed by atoms with van der Waals surface area (Å²) in [6, 6.07) is 19.3. The lowest BCUT2D eigenvalue weighted by molar-refractivity contribution is 0.411. The molecule has 0 bridgehead atoms. The lowest BCUT2D eigenvalue weighted by atomic mass is 9.86. The van der Waals surface area contributed by atoms with Gasteiger partial charge in [0.2, 0.25) is 0 Å². The molecule has 0 fully saturated rings. The molecule has 0 saturated heterocycles. The molecule has 27 heavy (non-hydrogen) atoms. The minimum Gasteiger partial charge on any atom is -0.497 e. The molecular formula is C21H21NO3S2. The smallest absolute Gasteiger partial charge is 0.250 e. The van der Waals surface area contributed by atoms with Crippen molar-refractivity contribution in [2.24, 2.45) is 5.92 Å². The molecule has 0 spiro atoms. The Morgan fingerprint density at radius 3 is 2.44 bits per heavy atom. The van der Waals surface area contributed by atoms with Gasteiger partial charge < -0.3 is 4.74 Å². The van der Waals surface area contributed by atoms with Crippen LogP contribution in [-0.2, 0) is 10.0 Å². The van der Waals surface area contributed by atoms with Crippen LogP contribution in [0.15, 0.2) is 70.3 Å². The predicted molar refractivity (Wildman–Crippen MR) is 108 cm³/mol. The summed E-state index contributed by atoms with van der Waals surface area (Å²) in [5.74, 6) is 0.933. The molecular weight excluding hydrogens is 378 g/mol. The van der Waals surface area contributed by atoms with Gasteiger partial charge in [-0.2, -0.15) is 0 Å². The average Bonchev–Trinajstić information content (AvgIpc) is 3.30. The Kier molecular flexibility index (Phi) is 4.80. The maximum atomic E-state index is 12.9. The molecule has 1 heterocycles. The van der Waals surface area contributed by atoms with Crippen LogP contribution in [0.4, 0.5) is 0 Å². The molecule has 6 heteroatoms. The van der Waals surface area contributed by atoms with Crippen molar-refractivity contribution in [1.29, 1.82) is 0 Å². The third-order valence-electron chi connectivity index (χ3n) is 5.22. The van der Waals surface area contributed by atoms with Crippen molar-refractivity contribution in [3.8, 4) is 5.75 Å². The van der Waals surface area contributed by atoms with Crippen molar-refractivity contribution in [1.82, 2.24) is 4.72 Å². The molecule has 0 aliphatic heterocycles. The number of hydrogen-bond acceptors (Lipinski definition) is 4. The number of hydrogen-bond donors (Lipinski definition) is 1. The van der Waals surface area contributed by atoms with Gasteiger partial charge in [-0.1, -0.05) is 49.4 Å². The molecule has 0 amide bonds. The summed E-state index contributed by atoms with van der Waals surface area (Å²) in [4.78, 5) is 0. The second-order valence-electron chi connectivity index (χ2n) is 6.77. The number of thiophene rings is 1. The summed E-state index contributed by atoms with van der Waals surface area (Å²) in [5, 5.41) is 1.77. The summed E-state index contributed by atoms with van der Waals surface area (Å²) < 4.78 is 34.4. The average molecular weight is 400 g/mol. The van der Waals surface area contributed by atoms with Crippen molar-refractivity contribution >= 4 is 21.4 Å². The van der Waals surface area contributed by atoms with E-state index in [2.05, 4.69) is 29.8 Å².